The third-order valence-electron chi connectivity index (χ3n) is 3.97. The van der Waals surface area contributed by atoms with Crippen molar-refractivity contribution in [3.63, 3.8) is 0 Å². The molecule has 0 radical (unpaired) electrons. The lowest BCUT2D eigenvalue weighted by atomic mass is 10.2. The van der Waals surface area contributed by atoms with Crippen LogP contribution in [0.4, 0.5) is 5.13 Å². The van der Waals surface area contributed by atoms with E-state index in [0.29, 0.717) is 27.0 Å². The zero-order valence-electron chi connectivity index (χ0n) is 15.0. The van der Waals surface area contributed by atoms with Crippen molar-refractivity contribution in [3.8, 4) is 0 Å². The molecule has 0 aliphatic heterocycles. The first kappa shape index (κ1) is 18.9. The predicted octanol–water partition coefficient (Wildman–Crippen LogP) is 4.29. The minimum Gasteiger partial charge on any atom is -0.301 e. The fourth-order valence-electron chi connectivity index (χ4n) is 2.69. The van der Waals surface area contributed by atoms with Crippen LogP contribution >= 0.6 is 34.4 Å². The fraction of sp³-hybridized carbons (Fsp3) is 0.158. The molecule has 142 valence electrons. The molecule has 1 aromatic carbocycles. The number of amides is 1. The number of aryl methyl sites for hydroxylation is 1. The Bertz CT molecular complexity index is 1260. The molecule has 0 aliphatic rings. The molecule has 28 heavy (non-hydrogen) atoms. The molecule has 0 atom stereocenters. The Kier molecular flexibility index (Phi) is 5.29. The van der Waals surface area contributed by atoms with Crippen molar-refractivity contribution in [1.82, 2.24) is 14.5 Å². The van der Waals surface area contributed by atoms with Crippen LogP contribution in [0.1, 0.15) is 5.56 Å². The van der Waals surface area contributed by atoms with Gasteiger partial charge in [0.05, 0.1) is 21.5 Å². The third kappa shape index (κ3) is 3.73. The van der Waals surface area contributed by atoms with Crippen LogP contribution < -0.4 is 10.9 Å². The number of hydrogen-bond donors (Lipinski definition) is 1. The number of nitrogens with one attached hydrogen (secondary N) is 1. The molecule has 9 heteroatoms. The number of thioether (sulfide) groups is 1. The van der Waals surface area contributed by atoms with Gasteiger partial charge in [0, 0.05) is 6.54 Å². The van der Waals surface area contributed by atoms with E-state index in [0.717, 1.165) is 15.8 Å². The van der Waals surface area contributed by atoms with E-state index in [1.54, 1.807) is 10.6 Å². The minimum absolute atomic E-state index is 0.107. The van der Waals surface area contributed by atoms with E-state index >= 15 is 0 Å². The quantitative estimate of drug-likeness (QED) is 0.282. The van der Waals surface area contributed by atoms with Crippen LogP contribution in [0.25, 0.3) is 20.4 Å². The second-order valence-electron chi connectivity index (χ2n) is 6.06. The maximum absolute atomic E-state index is 12.6. The molecular weight excluding hydrogens is 412 g/mol. The molecule has 3 aromatic heterocycles. The molecule has 0 unspecified atom stereocenters. The van der Waals surface area contributed by atoms with Crippen LogP contribution in [0.3, 0.4) is 0 Å². The summed E-state index contributed by atoms with van der Waals surface area (Å²) in [6, 6.07) is 7.80. The van der Waals surface area contributed by atoms with Gasteiger partial charge in [-0.15, -0.1) is 17.9 Å². The first-order valence-corrected chi connectivity index (χ1v) is 11.1. The number of aromatic nitrogens is 3. The van der Waals surface area contributed by atoms with Gasteiger partial charge < -0.3 is 5.32 Å². The first-order valence-electron chi connectivity index (χ1n) is 8.44. The second kappa shape index (κ2) is 7.86. The SMILES string of the molecule is C=CCn1c(SCC(=O)Nc2nc3ccc(C)cc3s2)nc2ccsc2c1=O. The Morgan fingerprint density at radius 1 is 1.32 bits per heavy atom. The van der Waals surface area contributed by atoms with Gasteiger partial charge in [0.2, 0.25) is 5.91 Å². The normalized spacial score (nSPS) is 11.2. The van der Waals surface area contributed by atoms with Crippen LogP contribution in [0.5, 0.6) is 0 Å². The number of thiophene rings is 1. The number of anilines is 1. The van der Waals surface area contributed by atoms with Gasteiger partial charge in [-0.25, -0.2) is 9.97 Å². The van der Waals surface area contributed by atoms with Gasteiger partial charge in [-0.1, -0.05) is 35.2 Å². The summed E-state index contributed by atoms with van der Waals surface area (Å²) in [5.74, 6) is -0.0561. The number of carbonyl (C=O) groups is 1. The predicted molar refractivity (Wildman–Crippen MR) is 118 cm³/mol. The topological polar surface area (TPSA) is 76.9 Å². The molecule has 3 heterocycles. The van der Waals surface area contributed by atoms with E-state index in [1.807, 2.05) is 36.6 Å². The number of rotatable bonds is 6. The summed E-state index contributed by atoms with van der Waals surface area (Å²) in [5, 5.41) is 5.75. The Morgan fingerprint density at radius 2 is 2.18 bits per heavy atom. The molecule has 0 bridgehead atoms. The molecule has 0 spiro atoms. The van der Waals surface area contributed by atoms with Gasteiger partial charge in [-0.05, 0) is 36.1 Å². The van der Waals surface area contributed by atoms with Crippen molar-refractivity contribution >= 4 is 65.9 Å². The van der Waals surface area contributed by atoms with E-state index in [-0.39, 0.29) is 17.2 Å². The standard InChI is InChI=1S/C19H16N4O2S3/c1-3-7-23-17(25)16-13(6-8-26-16)21-19(23)27-10-15(24)22-18-20-12-5-4-11(2)9-14(12)28-18/h3-6,8-9H,1,7,10H2,2H3,(H,20,22,24). The minimum atomic E-state index is -0.189. The zero-order valence-corrected chi connectivity index (χ0v) is 17.4. The summed E-state index contributed by atoms with van der Waals surface area (Å²) in [6.45, 7) is 6.07. The van der Waals surface area contributed by atoms with E-state index in [2.05, 4.69) is 21.9 Å². The maximum Gasteiger partial charge on any atom is 0.272 e. The lowest BCUT2D eigenvalue weighted by molar-refractivity contribution is -0.113. The van der Waals surface area contributed by atoms with E-state index in [1.165, 1.54) is 34.4 Å². The van der Waals surface area contributed by atoms with Crippen molar-refractivity contribution in [3.05, 3.63) is 58.2 Å². The van der Waals surface area contributed by atoms with E-state index in [9.17, 15) is 9.59 Å². The second-order valence-corrected chi connectivity index (χ2v) is 8.95. The van der Waals surface area contributed by atoms with Crippen LogP contribution in [0.15, 0.2) is 52.3 Å². The fourth-order valence-corrected chi connectivity index (χ4v) is 5.26. The third-order valence-corrected chi connectivity index (χ3v) is 6.77. The maximum atomic E-state index is 12.6. The Morgan fingerprint density at radius 3 is 3.00 bits per heavy atom. The number of carbonyl (C=O) groups excluding carboxylic acids is 1. The average Bonchev–Trinajstić information content (AvgIpc) is 3.28. The average molecular weight is 429 g/mol. The molecule has 0 saturated carbocycles. The molecule has 6 nitrogen and oxygen atoms in total. The highest BCUT2D eigenvalue weighted by Crippen LogP contribution is 2.27. The van der Waals surface area contributed by atoms with E-state index in [4.69, 9.17) is 0 Å². The van der Waals surface area contributed by atoms with Crippen molar-refractivity contribution in [1.29, 1.82) is 0 Å². The highest BCUT2D eigenvalue weighted by Gasteiger charge is 2.14. The van der Waals surface area contributed by atoms with Crippen molar-refractivity contribution in [2.75, 3.05) is 11.1 Å². The van der Waals surface area contributed by atoms with Gasteiger partial charge in [0.25, 0.3) is 5.56 Å². The molecule has 0 saturated heterocycles. The van der Waals surface area contributed by atoms with Crippen molar-refractivity contribution in [2.45, 2.75) is 18.6 Å². The number of allylic oxidation sites excluding steroid dienone is 1. The molecule has 0 fully saturated rings. The molecular formula is C19H16N4O2S3. The van der Waals surface area contributed by atoms with Crippen LogP contribution in [-0.2, 0) is 11.3 Å². The lowest BCUT2D eigenvalue weighted by Gasteiger charge is -2.09. The Balaban J connectivity index is 1.51. The number of nitrogens with zero attached hydrogens (tertiary/aromatic N) is 3. The molecule has 0 aliphatic carbocycles. The Hall–Kier alpha value is -2.49. The first-order chi connectivity index (χ1) is 13.5. The summed E-state index contributed by atoms with van der Waals surface area (Å²) in [5.41, 5.74) is 2.56. The van der Waals surface area contributed by atoms with E-state index < -0.39 is 0 Å². The van der Waals surface area contributed by atoms with Gasteiger partial charge in [0.1, 0.15) is 4.70 Å². The molecule has 1 amide bonds. The number of thiazole rings is 1. The number of fused-ring (bicyclic) bond motifs is 2. The van der Waals surface area contributed by atoms with Crippen LogP contribution in [-0.4, -0.2) is 26.2 Å². The van der Waals surface area contributed by atoms with Crippen LogP contribution in [0, 0.1) is 6.92 Å². The number of hydrogen-bond acceptors (Lipinski definition) is 7. The van der Waals surface area contributed by atoms with Gasteiger partial charge in [-0.3, -0.25) is 14.2 Å². The highest BCUT2D eigenvalue weighted by atomic mass is 32.2. The van der Waals surface area contributed by atoms with Gasteiger partial charge in [0.15, 0.2) is 10.3 Å². The molecule has 4 aromatic rings. The Labute approximate surface area is 172 Å². The highest BCUT2D eigenvalue weighted by molar-refractivity contribution is 7.99. The van der Waals surface area contributed by atoms with Gasteiger partial charge in [-0.2, -0.15) is 0 Å². The lowest BCUT2D eigenvalue weighted by Crippen LogP contribution is -2.23. The zero-order chi connectivity index (χ0) is 19.7. The van der Waals surface area contributed by atoms with Gasteiger partial charge >= 0.3 is 0 Å². The monoisotopic (exact) mass is 428 g/mol. The summed E-state index contributed by atoms with van der Waals surface area (Å²) in [4.78, 5) is 34.0. The number of benzene rings is 1. The summed E-state index contributed by atoms with van der Waals surface area (Å²) in [6.07, 6.45) is 1.65. The summed E-state index contributed by atoms with van der Waals surface area (Å²) in [7, 11) is 0. The summed E-state index contributed by atoms with van der Waals surface area (Å²) < 4.78 is 3.19. The smallest absolute Gasteiger partial charge is 0.272 e. The van der Waals surface area contributed by atoms with Crippen molar-refractivity contribution in [2.24, 2.45) is 0 Å². The molecule has 1 N–H and O–H groups in total. The largest absolute Gasteiger partial charge is 0.301 e. The summed E-state index contributed by atoms with van der Waals surface area (Å²) >= 11 is 4.04. The molecule has 4 rings (SSSR count). The van der Waals surface area contributed by atoms with Crippen molar-refractivity contribution < 1.29 is 4.79 Å². The van der Waals surface area contributed by atoms with Crippen LogP contribution in [0.2, 0.25) is 0 Å².